The number of likely N-dealkylation sites (tertiary alicyclic amines) is 1. The zero-order chi connectivity index (χ0) is 11.7. The smallest absolute Gasteiger partial charge is 0.244 e. The molecule has 3 unspecified atom stereocenters. The summed E-state index contributed by atoms with van der Waals surface area (Å²) in [7, 11) is 1.76. The molecule has 2 rings (SSSR count). The lowest BCUT2D eigenvalue weighted by Crippen LogP contribution is -2.43. The van der Waals surface area contributed by atoms with Gasteiger partial charge in [-0.05, 0) is 25.7 Å². The summed E-state index contributed by atoms with van der Waals surface area (Å²) >= 11 is 0. The Balaban J connectivity index is 1.86. The maximum absolute atomic E-state index is 11.9. The molecule has 5 nitrogen and oxygen atoms in total. The first-order chi connectivity index (χ1) is 7.58. The molecule has 1 saturated heterocycles. The number of nitrogens with zero attached hydrogens (tertiary/aromatic N) is 1. The Hall–Kier alpha value is -1.10. The molecule has 3 N–H and O–H groups in total. The Morgan fingerprint density at radius 1 is 1.44 bits per heavy atom. The molecule has 0 aromatic heterocycles. The van der Waals surface area contributed by atoms with Gasteiger partial charge in [0.15, 0.2) is 0 Å². The molecule has 1 aliphatic heterocycles. The molecule has 5 heteroatoms. The van der Waals surface area contributed by atoms with Gasteiger partial charge in [-0.15, -0.1) is 0 Å². The van der Waals surface area contributed by atoms with Gasteiger partial charge in [0.2, 0.25) is 11.8 Å². The monoisotopic (exact) mass is 225 g/mol. The van der Waals surface area contributed by atoms with E-state index in [1.165, 1.54) is 0 Å². The third-order valence-corrected chi connectivity index (χ3v) is 3.59. The first kappa shape index (κ1) is 11.4. The summed E-state index contributed by atoms with van der Waals surface area (Å²) in [6.45, 7) is 0.730. The van der Waals surface area contributed by atoms with Crippen molar-refractivity contribution in [1.82, 2.24) is 10.2 Å². The second-order valence-electron chi connectivity index (χ2n) is 4.88. The van der Waals surface area contributed by atoms with E-state index in [0.29, 0.717) is 0 Å². The van der Waals surface area contributed by atoms with Gasteiger partial charge in [0.05, 0.1) is 0 Å². The average molecular weight is 225 g/mol. The molecule has 1 saturated carbocycles. The summed E-state index contributed by atoms with van der Waals surface area (Å²) in [5, 5.41) is 2.84. The van der Waals surface area contributed by atoms with Gasteiger partial charge in [0, 0.05) is 25.6 Å². The van der Waals surface area contributed by atoms with Crippen LogP contribution in [-0.4, -0.2) is 42.4 Å². The second-order valence-corrected chi connectivity index (χ2v) is 4.88. The summed E-state index contributed by atoms with van der Waals surface area (Å²) in [5.41, 5.74) is 5.77. The number of amides is 2. The Labute approximate surface area is 95.3 Å². The Kier molecular flexibility index (Phi) is 3.14. The third-order valence-electron chi connectivity index (χ3n) is 3.59. The SMILES string of the molecule is CN1CCC(NC(=O)C2CCC(N)C2)C1=O. The number of nitrogens with two attached hydrogens (primary N) is 1. The van der Waals surface area contributed by atoms with Crippen molar-refractivity contribution >= 4 is 11.8 Å². The lowest BCUT2D eigenvalue weighted by molar-refractivity contribution is -0.133. The normalized spacial score (nSPS) is 34.5. The highest BCUT2D eigenvalue weighted by Crippen LogP contribution is 2.24. The topological polar surface area (TPSA) is 75.4 Å². The molecule has 16 heavy (non-hydrogen) atoms. The van der Waals surface area contributed by atoms with Gasteiger partial charge in [-0.3, -0.25) is 9.59 Å². The van der Waals surface area contributed by atoms with E-state index < -0.39 is 0 Å². The molecule has 1 heterocycles. The number of rotatable bonds is 2. The molecule has 0 radical (unpaired) electrons. The molecule has 2 fully saturated rings. The van der Waals surface area contributed by atoms with Gasteiger partial charge in [0.1, 0.15) is 6.04 Å². The van der Waals surface area contributed by atoms with E-state index >= 15 is 0 Å². The highest BCUT2D eigenvalue weighted by atomic mass is 16.2. The van der Waals surface area contributed by atoms with Gasteiger partial charge in [-0.2, -0.15) is 0 Å². The molecular formula is C11H19N3O2. The van der Waals surface area contributed by atoms with Gasteiger partial charge in [-0.25, -0.2) is 0 Å². The lowest BCUT2D eigenvalue weighted by atomic mass is 10.1. The molecular weight excluding hydrogens is 206 g/mol. The molecule has 0 aromatic carbocycles. The standard InChI is InChI=1S/C11H19N3O2/c1-14-5-4-9(11(14)16)13-10(15)7-2-3-8(12)6-7/h7-9H,2-6,12H2,1H3,(H,13,15). The van der Waals surface area contributed by atoms with Crippen LogP contribution in [0.3, 0.4) is 0 Å². The maximum Gasteiger partial charge on any atom is 0.244 e. The number of hydrogen-bond acceptors (Lipinski definition) is 3. The largest absolute Gasteiger partial charge is 0.344 e. The van der Waals surface area contributed by atoms with Crippen LogP contribution in [0.4, 0.5) is 0 Å². The van der Waals surface area contributed by atoms with Crippen LogP contribution in [0.2, 0.25) is 0 Å². The predicted molar refractivity (Wildman–Crippen MR) is 59.5 cm³/mol. The van der Waals surface area contributed by atoms with Crippen molar-refractivity contribution in [2.75, 3.05) is 13.6 Å². The molecule has 90 valence electrons. The Bertz CT molecular complexity index is 306. The zero-order valence-corrected chi connectivity index (χ0v) is 9.61. The number of carbonyl (C=O) groups excluding carboxylic acids is 2. The Morgan fingerprint density at radius 3 is 2.69 bits per heavy atom. The van der Waals surface area contributed by atoms with Crippen molar-refractivity contribution in [2.45, 2.75) is 37.8 Å². The maximum atomic E-state index is 11.9. The first-order valence-electron chi connectivity index (χ1n) is 5.89. The van der Waals surface area contributed by atoms with Crippen LogP contribution in [0.25, 0.3) is 0 Å². The van der Waals surface area contributed by atoms with Crippen molar-refractivity contribution < 1.29 is 9.59 Å². The van der Waals surface area contributed by atoms with Crippen molar-refractivity contribution in [3.63, 3.8) is 0 Å². The van der Waals surface area contributed by atoms with Crippen LogP contribution >= 0.6 is 0 Å². The van der Waals surface area contributed by atoms with Crippen LogP contribution in [0, 0.1) is 5.92 Å². The summed E-state index contributed by atoms with van der Waals surface area (Å²) in [6, 6.07) is -0.160. The Morgan fingerprint density at radius 2 is 2.19 bits per heavy atom. The van der Waals surface area contributed by atoms with Gasteiger partial charge < -0.3 is 16.0 Å². The molecule has 0 bridgehead atoms. The fourth-order valence-electron chi connectivity index (χ4n) is 2.50. The van der Waals surface area contributed by atoms with Crippen molar-refractivity contribution in [3.05, 3.63) is 0 Å². The van der Waals surface area contributed by atoms with E-state index in [9.17, 15) is 9.59 Å². The third kappa shape index (κ3) is 2.19. The van der Waals surface area contributed by atoms with E-state index in [0.717, 1.165) is 32.2 Å². The lowest BCUT2D eigenvalue weighted by Gasteiger charge is -2.15. The molecule has 2 amide bonds. The van der Waals surface area contributed by atoms with Crippen LogP contribution in [-0.2, 0) is 9.59 Å². The molecule has 0 spiro atoms. The number of likely N-dealkylation sites (N-methyl/N-ethyl adjacent to an activating group) is 1. The molecule has 1 aliphatic carbocycles. The van der Waals surface area contributed by atoms with Crippen LogP contribution in [0.5, 0.6) is 0 Å². The van der Waals surface area contributed by atoms with Crippen molar-refractivity contribution in [2.24, 2.45) is 11.7 Å². The zero-order valence-electron chi connectivity index (χ0n) is 9.61. The van der Waals surface area contributed by atoms with Crippen molar-refractivity contribution in [1.29, 1.82) is 0 Å². The number of nitrogens with one attached hydrogen (secondary N) is 1. The first-order valence-corrected chi connectivity index (χ1v) is 5.89. The fourth-order valence-corrected chi connectivity index (χ4v) is 2.50. The van der Waals surface area contributed by atoms with Gasteiger partial charge >= 0.3 is 0 Å². The quantitative estimate of drug-likeness (QED) is 0.663. The van der Waals surface area contributed by atoms with E-state index in [-0.39, 0.29) is 29.8 Å². The minimum Gasteiger partial charge on any atom is -0.344 e. The molecule has 2 aliphatic rings. The highest BCUT2D eigenvalue weighted by Gasteiger charge is 2.34. The molecule has 0 aromatic rings. The second kappa shape index (κ2) is 4.41. The minimum atomic E-state index is -0.311. The number of carbonyl (C=O) groups is 2. The predicted octanol–water partition coefficient (Wildman–Crippen LogP) is -0.539. The van der Waals surface area contributed by atoms with E-state index in [1.54, 1.807) is 11.9 Å². The van der Waals surface area contributed by atoms with Gasteiger partial charge in [0.25, 0.3) is 0 Å². The van der Waals surface area contributed by atoms with E-state index in [1.807, 2.05) is 0 Å². The summed E-state index contributed by atoms with van der Waals surface area (Å²) in [6.07, 6.45) is 3.24. The van der Waals surface area contributed by atoms with Crippen LogP contribution in [0.1, 0.15) is 25.7 Å². The number of hydrogen-bond donors (Lipinski definition) is 2. The van der Waals surface area contributed by atoms with Crippen LogP contribution < -0.4 is 11.1 Å². The van der Waals surface area contributed by atoms with E-state index in [2.05, 4.69) is 5.32 Å². The summed E-state index contributed by atoms with van der Waals surface area (Å²) in [4.78, 5) is 25.1. The highest BCUT2D eigenvalue weighted by molar-refractivity contribution is 5.89. The van der Waals surface area contributed by atoms with Crippen LogP contribution in [0.15, 0.2) is 0 Å². The molecule has 3 atom stereocenters. The van der Waals surface area contributed by atoms with Crippen molar-refractivity contribution in [3.8, 4) is 0 Å². The summed E-state index contributed by atoms with van der Waals surface area (Å²) in [5.74, 6) is 0.0333. The van der Waals surface area contributed by atoms with E-state index in [4.69, 9.17) is 5.73 Å². The minimum absolute atomic E-state index is 0.00148. The van der Waals surface area contributed by atoms with Gasteiger partial charge in [-0.1, -0.05) is 0 Å². The average Bonchev–Trinajstić information content (AvgIpc) is 2.79. The summed E-state index contributed by atoms with van der Waals surface area (Å²) < 4.78 is 0. The fraction of sp³-hybridized carbons (Fsp3) is 0.818.